The Morgan fingerprint density at radius 2 is 1.86 bits per heavy atom. The second-order valence-electron chi connectivity index (χ2n) is 6.86. The lowest BCUT2D eigenvalue weighted by molar-refractivity contribution is 0.0950. The molecule has 0 saturated carbocycles. The van der Waals surface area contributed by atoms with Gasteiger partial charge >= 0.3 is 0 Å². The molecule has 0 saturated heterocycles. The van der Waals surface area contributed by atoms with Crippen molar-refractivity contribution in [3.05, 3.63) is 83.0 Å². The molecule has 6 nitrogen and oxygen atoms in total. The summed E-state index contributed by atoms with van der Waals surface area (Å²) < 4.78 is 29.1. The van der Waals surface area contributed by atoms with Gasteiger partial charge in [-0.2, -0.15) is 0 Å². The second kappa shape index (κ2) is 8.45. The van der Waals surface area contributed by atoms with Crippen molar-refractivity contribution >= 4 is 15.7 Å². The molecule has 7 heteroatoms. The Labute approximate surface area is 170 Å². The van der Waals surface area contributed by atoms with Gasteiger partial charge in [0.1, 0.15) is 5.75 Å². The summed E-state index contributed by atoms with van der Waals surface area (Å²) in [4.78, 5) is 16.7. The van der Waals surface area contributed by atoms with E-state index in [1.807, 2.05) is 38.1 Å². The summed E-state index contributed by atoms with van der Waals surface area (Å²) in [7, 11) is -3.37. The number of amides is 1. The highest BCUT2D eigenvalue weighted by molar-refractivity contribution is 7.90. The molecule has 0 aliphatic carbocycles. The number of ether oxygens (including phenoxy) is 1. The van der Waals surface area contributed by atoms with Crippen LogP contribution < -0.4 is 10.1 Å². The lowest BCUT2D eigenvalue weighted by Gasteiger charge is -2.10. The zero-order valence-corrected chi connectivity index (χ0v) is 17.3. The highest BCUT2D eigenvalue weighted by atomic mass is 32.2. The zero-order chi connectivity index (χ0) is 21.0. The van der Waals surface area contributed by atoms with E-state index in [1.165, 1.54) is 12.1 Å². The minimum Gasteiger partial charge on any atom is -0.439 e. The second-order valence-corrected chi connectivity index (χ2v) is 8.87. The average molecular weight is 410 g/mol. The van der Waals surface area contributed by atoms with Gasteiger partial charge in [0, 0.05) is 30.6 Å². The third-order valence-electron chi connectivity index (χ3n) is 4.33. The van der Waals surface area contributed by atoms with Crippen LogP contribution in [0.3, 0.4) is 0 Å². The summed E-state index contributed by atoms with van der Waals surface area (Å²) >= 11 is 0. The Bertz CT molecular complexity index is 1140. The smallest absolute Gasteiger partial charge is 0.251 e. The summed E-state index contributed by atoms with van der Waals surface area (Å²) in [6.07, 6.45) is 2.74. The van der Waals surface area contributed by atoms with E-state index < -0.39 is 9.84 Å². The van der Waals surface area contributed by atoms with Crippen molar-refractivity contribution in [2.45, 2.75) is 25.3 Å². The Morgan fingerprint density at radius 3 is 2.55 bits per heavy atom. The third kappa shape index (κ3) is 5.42. The quantitative estimate of drug-likeness (QED) is 0.668. The topological polar surface area (TPSA) is 85.4 Å². The van der Waals surface area contributed by atoms with Crippen molar-refractivity contribution < 1.29 is 17.9 Å². The maximum atomic E-state index is 12.3. The number of pyridine rings is 1. The van der Waals surface area contributed by atoms with Crippen LogP contribution in [0.4, 0.5) is 0 Å². The standard InChI is InChI=1S/C22H22N2O4S/c1-15-7-8-16(2)20(11-15)28-21-10-9-17(13-23-21)14-24-22(25)18-5-4-6-19(12-18)29(3,26)27/h4-13H,14H2,1-3H3,(H,24,25). The molecule has 2 aromatic carbocycles. The lowest BCUT2D eigenvalue weighted by Crippen LogP contribution is -2.23. The molecule has 1 aromatic heterocycles. The number of aryl methyl sites for hydroxylation is 2. The van der Waals surface area contributed by atoms with Crippen LogP contribution in [0, 0.1) is 13.8 Å². The van der Waals surface area contributed by atoms with E-state index in [2.05, 4.69) is 10.3 Å². The maximum absolute atomic E-state index is 12.3. The Morgan fingerprint density at radius 1 is 1.07 bits per heavy atom. The first-order valence-corrected chi connectivity index (χ1v) is 10.9. The van der Waals surface area contributed by atoms with Crippen molar-refractivity contribution in [2.75, 3.05) is 6.26 Å². The number of hydrogen-bond donors (Lipinski definition) is 1. The summed E-state index contributed by atoms with van der Waals surface area (Å²) in [5, 5.41) is 2.77. The van der Waals surface area contributed by atoms with Crippen molar-refractivity contribution in [2.24, 2.45) is 0 Å². The number of nitrogens with zero attached hydrogens (tertiary/aromatic N) is 1. The summed E-state index contributed by atoms with van der Waals surface area (Å²) in [6.45, 7) is 4.23. The molecule has 3 rings (SSSR count). The predicted octanol–water partition coefficient (Wildman–Crippen LogP) is 3.82. The normalized spacial score (nSPS) is 11.1. The van der Waals surface area contributed by atoms with E-state index >= 15 is 0 Å². The van der Waals surface area contributed by atoms with Gasteiger partial charge in [0.15, 0.2) is 9.84 Å². The summed E-state index contributed by atoms with van der Waals surface area (Å²) in [5.74, 6) is 0.866. The fourth-order valence-electron chi connectivity index (χ4n) is 2.66. The number of hydrogen-bond acceptors (Lipinski definition) is 5. The van der Waals surface area contributed by atoms with Crippen molar-refractivity contribution in [1.82, 2.24) is 10.3 Å². The molecule has 1 N–H and O–H groups in total. The fourth-order valence-corrected chi connectivity index (χ4v) is 3.32. The highest BCUT2D eigenvalue weighted by Gasteiger charge is 2.11. The van der Waals surface area contributed by atoms with E-state index in [0.717, 1.165) is 28.7 Å². The van der Waals surface area contributed by atoms with E-state index in [-0.39, 0.29) is 22.9 Å². The van der Waals surface area contributed by atoms with Crippen LogP contribution in [0.1, 0.15) is 27.0 Å². The van der Waals surface area contributed by atoms with Gasteiger partial charge in [0.05, 0.1) is 4.90 Å². The van der Waals surface area contributed by atoms with Crippen LogP contribution in [-0.4, -0.2) is 25.6 Å². The average Bonchev–Trinajstić information content (AvgIpc) is 2.69. The molecule has 3 aromatic rings. The number of benzene rings is 2. The van der Waals surface area contributed by atoms with E-state index in [9.17, 15) is 13.2 Å². The Balaban J connectivity index is 1.63. The molecule has 29 heavy (non-hydrogen) atoms. The zero-order valence-electron chi connectivity index (χ0n) is 16.5. The van der Waals surface area contributed by atoms with Crippen LogP contribution in [0.15, 0.2) is 65.7 Å². The van der Waals surface area contributed by atoms with Crippen molar-refractivity contribution in [3.63, 3.8) is 0 Å². The van der Waals surface area contributed by atoms with Crippen molar-refractivity contribution in [3.8, 4) is 11.6 Å². The maximum Gasteiger partial charge on any atom is 0.251 e. The molecule has 0 unspecified atom stereocenters. The molecule has 0 aliphatic heterocycles. The van der Waals surface area contributed by atoms with E-state index in [1.54, 1.807) is 24.4 Å². The summed E-state index contributed by atoms with van der Waals surface area (Å²) in [6, 6.07) is 15.5. The van der Waals surface area contributed by atoms with Gasteiger partial charge in [-0.1, -0.05) is 24.3 Å². The molecule has 150 valence electrons. The van der Waals surface area contributed by atoms with Gasteiger partial charge < -0.3 is 10.1 Å². The minimum absolute atomic E-state index is 0.111. The molecule has 0 aliphatic rings. The van der Waals surface area contributed by atoms with E-state index in [4.69, 9.17) is 4.74 Å². The molecule has 0 atom stereocenters. The molecule has 0 spiro atoms. The number of rotatable bonds is 6. The Kier molecular flexibility index (Phi) is 5.98. The lowest BCUT2D eigenvalue weighted by atomic mass is 10.1. The third-order valence-corrected chi connectivity index (χ3v) is 5.44. The molecular weight excluding hydrogens is 388 g/mol. The van der Waals surface area contributed by atoms with Crippen LogP contribution >= 0.6 is 0 Å². The van der Waals surface area contributed by atoms with Crippen LogP contribution in [0.5, 0.6) is 11.6 Å². The monoisotopic (exact) mass is 410 g/mol. The molecular formula is C22H22N2O4S. The molecule has 1 heterocycles. The number of sulfone groups is 1. The first-order valence-electron chi connectivity index (χ1n) is 9.01. The van der Waals surface area contributed by atoms with Gasteiger partial charge in [0.25, 0.3) is 5.91 Å². The Hall–Kier alpha value is -3.19. The van der Waals surface area contributed by atoms with Crippen LogP contribution in [-0.2, 0) is 16.4 Å². The number of nitrogens with one attached hydrogen (secondary N) is 1. The predicted molar refractivity (Wildman–Crippen MR) is 111 cm³/mol. The van der Waals surface area contributed by atoms with Gasteiger partial charge in [-0.25, -0.2) is 13.4 Å². The first kappa shape index (κ1) is 20.5. The summed E-state index contributed by atoms with van der Waals surface area (Å²) in [5.41, 5.74) is 3.21. The van der Waals surface area contributed by atoms with Gasteiger partial charge in [0.2, 0.25) is 5.88 Å². The largest absolute Gasteiger partial charge is 0.439 e. The first-order chi connectivity index (χ1) is 13.7. The molecule has 0 fully saturated rings. The SMILES string of the molecule is Cc1ccc(C)c(Oc2ccc(CNC(=O)c3cccc(S(C)(=O)=O)c3)cn2)c1. The van der Waals surface area contributed by atoms with E-state index in [0.29, 0.717) is 5.88 Å². The van der Waals surface area contributed by atoms with Crippen molar-refractivity contribution in [1.29, 1.82) is 0 Å². The van der Waals surface area contributed by atoms with Gasteiger partial charge in [-0.15, -0.1) is 0 Å². The molecule has 0 radical (unpaired) electrons. The number of carbonyl (C=O) groups is 1. The molecule has 0 bridgehead atoms. The van der Waals surface area contributed by atoms with Crippen LogP contribution in [0.25, 0.3) is 0 Å². The molecule has 1 amide bonds. The number of carbonyl (C=O) groups excluding carboxylic acids is 1. The fraction of sp³-hybridized carbons (Fsp3) is 0.182. The van der Waals surface area contributed by atoms with Gasteiger partial charge in [-0.05, 0) is 54.8 Å². The number of aromatic nitrogens is 1. The van der Waals surface area contributed by atoms with Gasteiger partial charge in [-0.3, -0.25) is 4.79 Å². The highest BCUT2D eigenvalue weighted by Crippen LogP contribution is 2.24. The van der Waals surface area contributed by atoms with Crippen LogP contribution in [0.2, 0.25) is 0 Å². The minimum atomic E-state index is -3.37.